The van der Waals surface area contributed by atoms with Gasteiger partial charge in [0.05, 0.1) is 32.4 Å². The standard InChI is InChI=1S/C58H88N14O19/c1-28(2)48(54(86)87)71-52(84)38(23-45(77)78)69-42(74)25-65-50(82)36(8-6-20-63-56(59)60)67-41(73)16-17-47(81)91-40-15-14-35-34-12-10-30-22-31(11-13-32(30)33(34)18-19-58(35,40)5)90-27-44(76)68-37(9-7-21-64-57(61)62)51(83)66-26-43(75)70-39(24-46(79)80)53(85)72-49(29(3)4)55(88)89/h11,13,22,28-29,33-40,48-49H,6-10,12,14-21,23-27H2,1-5H3,(H,65,82)(H,66,83)(H,67,73)(H,68,76)(H,69,74)(H,70,75)(H,71,84)(H,72,85)(H,77,78)(H,79,80)(H,86,87)(H,88,89)(H4,59,60,63)(H4,61,62,64)/t33-,34-,35+,36+,37+,38+,39+,40+,48+,49+,58+/m1/s1. The van der Waals surface area contributed by atoms with Crippen molar-refractivity contribution in [1.29, 1.82) is 0 Å². The van der Waals surface area contributed by atoms with Gasteiger partial charge in [0.2, 0.25) is 41.4 Å². The first-order chi connectivity index (χ1) is 42.8. The van der Waals surface area contributed by atoms with Crippen LogP contribution in [-0.2, 0) is 73.5 Å². The van der Waals surface area contributed by atoms with Gasteiger partial charge >= 0.3 is 29.8 Å². The minimum absolute atomic E-state index is 0.00765. The molecule has 20 N–H and O–H groups in total. The molecule has 1 aromatic carbocycles. The van der Waals surface area contributed by atoms with E-state index >= 15 is 0 Å². The van der Waals surface area contributed by atoms with Gasteiger partial charge in [-0.05, 0) is 117 Å². The van der Waals surface area contributed by atoms with Gasteiger partial charge in [0.1, 0.15) is 48.1 Å². The van der Waals surface area contributed by atoms with Crippen LogP contribution in [0.1, 0.15) is 135 Å². The van der Waals surface area contributed by atoms with Crippen LogP contribution in [0.2, 0.25) is 0 Å². The number of hydrogen-bond donors (Lipinski definition) is 16. The molecule has 8 amide bonds. The van der Waals surface area contributed by atoms with E-state index in [4.69, 9.17) is 32.4 Å². The van der Waals surface area contributed by atoms with Crippen LogP contribution in [0, 0.1) is 29.1 Å². The zero-order valence-electron chi connectivity index (χ0n) is 51.7. The molecular formula is C58H88N14O19. The maximum absolute atomic E-state index is 13.4. The Bertz CT molecular complexity index is 2900. The Balaban J connectivity index is 1.31. The fourth-order valence-corrected chi connectivity index (χ4v) is 11.8. The molecule has 0 heterocycles. The number of carboxylic acids is 4. The normalized spacial score (nSPS) is 19.8. The average Bonchev–Trinajstić information content (AvgIpc) is 1.68. The van der Waals surface area contributed by atoms with E-state index in [-0.39, 0.29) is 86.7 Å². The van der Waals surface area contributed by atoms with Crippen LogP contribution >= 0.6 is 0 Å². The molecule has 504 valence electrons. The number of nitrogens with zero attached hydrogens (tertiary/aromatic N) is 2. The molecule has 91 heavy (non-hydrogen) atoms. The summed E-state index contributed by atoms with van der Waals surface area (Å²) in [6, 6.07) is -3.00. The monoisotopic (exact) mass is 1280 g/mol. The molecule has 3 aliphatic carbocycles. The second-order valence-corrected chi connectivity index (χ2v) is 23.8. The first-order valence-corrected chi connectivity index (χ1v) is 30.1. The molecule has 0 aliphatic heterocycles. The van der Waals surface area contributed by atoms with Crippen LogP contribution in [0.15, 0.2) is 28.2 Å². The number of ether oxygens (including phenoxy) is 2. The fourth-order valence-electron chi connectivity index (χ4n) is 11.8. The Hall–Kier alpha value is -9.33. The maximum Gasteiger partial charge on any atom is 0.326 e. The van der Waals surface area contributed by atoms with Crippen LogP contribution in [0.5, 0.6) is 5.75 Å². The molecule has 2 saturated carbocycles. The highest BCUT2D eigenvalue weighted by Crippen LogP contribution is 2.61. The number of carbonyl (C=O) groups is 13. The van der Waals surface area contributed by atoms with Gasteiger partial charge in [-0.3, -0.25) is 62.7 Å². The Kier molecular flexibility index (Phi) is 28.6. The quantitative estimate of drug-likeness (QED) is 0.0139. The fraction of sp³-hybridized carbons (Fsp3) is 0.638. The number of rotatable bonds is 37. The molecule has 0 unspecified atom stereocenters. The number of aliphatic imine (C=N–C) groups is 2. The summed E-state index contributed by atoms with van der Waals surface area (Å²) in [4.78, 5) is 172. The topological polar surface area (TPSA) is 546 Å². The number of aryl methyl sites for hydroxylation is 1. The van der Waals surface area contributed by atoms with Gasteiger partial charge in [-0.15, -0.1) is 0 Å². The summed E-state index contributed by atoms with van der Waals surface area (Å²) in [5.41, 5.74) is 23.6. The number of hydrogen-bond acceptors (Lipinski definition) is 17. The number of fused-ring (bicyclic) bond motifs is 5. The number of guanidine groups is 2. The molecule has 11 atom stereocenters. The van der Waals surface area contributed by atoms with E-state index in [1.165, 1.54) is 27.7 Å². The van der Waals surface area contributed by atoms with Gasteiger partial charge in [-0.1, -0.05) is 40.7 Å². The summed E-state index contributed by atoms with van der Waals surface area (Å²) in [5.74, 6) is -13.9. The average molecular weight is 1290 g/mol. The van der Waals surface area contributed by atoms with Crippen molar-refractivity contribution in [1.82, 2.24) is 42.5 Å². The van der Waals surface area contributed by atoms with Crippen molar-refractivity contribution in [2.75, 3.05) is 32.8 Å². The lowest BCUT2D eigenvalue weighted by Gasteiger charge is -2.50. The number of amides is 8. The molecule has 3 aliphatic rings. The van der Waals surface area contributed by atoms with E-state index in [2.05, 4.69) is 59.4 Å². The molecule has 2 fully saturated rings. The molecule has 1 aromatic rings. The van der Waals surface area contributed by atoms with E-state index in [0.717, 1.165) is 36.8 Å². The number of benzene rings is 1. The predicted molar refractivity (Wildman–Crippen MR) is 323 cm³/mol. The maximum atomic E-state index is 13.4. The molecule has 4 rings (SSSR count). The SMILES string of the molecule is CC(C)[C@H](NC(=O)[C@H](CC(=O)O)NC(=O)CNC(=O)[C@H](CCCN=C(N)N)NC(=O)CCC(=O)O[C@H]1CC[C@H]2[C@@H]3CCc4cc(OCC(=O)N[C@@H](CCCN=C(N)N)C(=O)NCC(=O)N[C@@H](CC(=O)O)C(=O)N[C@H](C(=O)O)C(C)C)ccc4[C@H]3CC[C@]12C)C(=O)O. The first-order valence-electron chi connectivity index (χ1n) is 30.1. The molecular weight excluding hydrogens is 1200 g/mol. The van der Waals surface area contributed by atoms with Crippen LogP contribution in [0.25, 0.3) is 0 Å². The van der Waals surface area contributed by atoms with Gasteiger partial charge in [0, 0.05) is 24.9 Å². The van der Waals surface area contributed by atoms with Crippen molar-refractivity contribution >= 4 is 89.0 Å². The molecule has 0 saturated heterocycles. The van der Waals surface area contributed by atoms with E-state index in [1.807, 2.05) is 12.1 Å². The number of carbonyl (C=O) groups excluding carboxylic acids is 9. The molecule has 0 radical (unpaired) electrons. The molecule has 33 heteroatoms. The van der Waals surface area contributed by atoms with Gasteiger partial charge in [0.15, 0.2) is 18.5 Å². The van der Waals surface area contributed by atoms with Crippen molar-refractivity contribution in [3.63, 3.8) is 0 Å². The number of carboxylic acid groups (broad SMARTS) is 4. The van der Waals surface area contributed by atoms with Crippen molar-refractivity contribution in [3.8, 4) is 5.75 Å². The van der Waals surface area contributed by atoms with Crippen molar-refractivity contribution in [2.24, 2.45) is 62.0 Å². The summed E-state index contributed by atoms with van der Waals surface area (Å²) in [7, 11) is 0. The first kappa shape index (κ1) is 74.1. The van der Waals surface area contributed by atoms with Crippen LogP contribution in [-0.4, -0.2) is 185 Å². The number of esters is 1. The number of nitrogens with two attached hydrogens (primary N) is 4. The summed E-state index contributed by atoms with van der Waals surface area (Å²) >= 11 is 0. The number of aliphatic carboxylic acids is 4. The Labute approximate surface area is 524 Å². The second-order valence-electron chi connectivity index (χ2n) is 23.8. The highest BCUT2D eigenvalue weighted by molar-refractivity contribution is 5.97. The lowest BCUT2D eigenvalue weighted by Crippen LogP contribution is -2.55. The lowest BCUT2D eigenvalue weighted by atomic mass is 9.55. The Morgan fingerprint density at radius 2 is 1.08 bits per heavy atom. The molecule has 0 aromatic heterocycles. The third-order valence-corrected chi connectivity index (χ3v) is 16.4. The Morgan fingerprint density at radius 1 is 0.593 bits per heavy atom. The molecule has 0 spiro atoms. The summed E-state index contributed by atoms with van der Waals surface area (Å²) in [6.07, 6.45) is 1.98. The van der Waals surface area contributed by atoms with Crippen LogP contribution < -0.4 is 70.2 Å². The summed E-state index contributed by atoms with van der Waals surface area (Å²) < 4.78 is 12.0. The minimum atomic E-state index is -1.69. The van der Waals surface area contributed by atoms with E-state index in [0.29, 0.717) is 18.6 Å². The smallest absolute Gasteiger partial charge is 0.326 e. The van der Waals surface area contributed by atoms with Gasteiger partial charge in [0.25, 0.3) is 5.91 Å². The summed E-state index contributed by atoms with van der Waals surface area (Å²) in [5, 5.41) is 56.3. The van der Waals surface area contributed by atoms with Crippen LogP contribution in [0.3, 0.4) is 0 Å². The highest BCUT2D eigenvalue weighted by atomic mass is 16.5. The van der Waals surface area contributed by atoms with Crippen molar-refractivity contribution in [3.05, 3.63) is 29.3 Å². The van der Waals surface area contributed by atoms with Crippen molar-refractivity contribution < 1.29 is 92.2 Å². The van der Waals surface area contributed by atoms with Gasteiger partial charge in [-0.25, -0.2) is 9.59 Å². The van der Waals surface area contributed by atoms with E-state index < -0.39 is 164 Å². The molecule has 0 bridgehead atoms. The zero-order valence-corrected chi connectivity index (χ0v) is 51.7. The van der Waals surface area contributed by atoms with Crippen LogP contribution in [0.4, 0.5) is 0 Å². The minimum Gasteiger partial charge on any atom is -0.484 e. The molecule has 33 nitrogen and oxygen atoms in total. The number of nitrogens with one attached hydrogen (secondary N) is 8. The van der Waals surface area contributed by atoms with Crippen molar-refractivity contribution in [2.45, 2.75) is 173 Å². The third kappa shape index (κ3) is 23.5. The van der Waals surface area contributed by atoms with Gasteiger partial charge in [-0.2, -0.15) is 0 Å². The largest absolute Gasteiger partial charge is 0.484 e. The van der Waals surface area contributed by atoms with E-state index in [9.17, 15) is 82.8 Å². The lowest BCUT2D eigenvalue weighted by molar-refractivity contribution is -0.158. The zero-order chi connectivity index (χ0) is 67.9. The third-order valence-electron chi connectivity index (χ3n) is 16.4. The van der Waals surface area contributed by atoms with E-state index in [1.54, 1.807) is 6.07 Å². The van der Waals surface area contributed by atoms with Gasteiger partial charge < -0.3 is 95.4 Å². The predicted octanol–water partition coefficient (Wildman–Crippen LogP) is -2.71. The second kappa shape index (κ2) is 35.2. The highest BCUT2D eigenvalue weighted by Gasteiger charge is 2.56. The Morgan fingerprint density at radius 3 is 1.54 bits per heavy atom. The summed E-state index contributed by atoms with van der Waals surface area (Å²) in [6.45, 7) is 6.37.